The molecule has 3 aromatic rings. The maximum absolute atomic E-state index is 12.9. The summed E-state index contributed by atoms with van der Waals surface area (Å²) >= 11 is 0. The summed E-state index contributed by atoms with van der Waals surface area (Å²) in [6, 6.07) is 18.5. The molecule has 0 aliphatic carbocycles. The summed E-state index contributed by atoms with van der Waals surface area (Å²) in [5, 5.41) is 0. The number of ether oxygens (including phenoxy) is 1. The molecule has 30 heavy (non-hydrogen) atoms. The molecule has 2 fully saturated rings. The minimum absolute atomic E-state index is 0.0914. The number of rotatable bonds is 4. The summed E-state index contributed by atoms with van der Waals surface area (Å²) in [7, 11) is 0. The molecule has 5 rings (SSSR count). The van der Waals surface area contributed by atoms with Gasteiger partial charge >= 0.3 is 5.69 Å². The molecule has 0 radical (unpaired) electrons. The Balaban J connectivity index is 1.24. The smallest absolute Gasteiger partial charge is 0.326 e. The fraction of sp³-hybridized carbons (Fsp3) is 0.391. The fourth-order valence-corrected chi connectivity index (χ4v) is 4.72. The number of aromatic amines is 1. The van der Waals surface area contributed by atoms with E-state index in [1.54, 1.807) is 4.57 Å². The SMILES string of the molecule is O=C(CCn1c(=O)[nH]c2ccccc21)N1CCN2[C@@H](COC[C@@H]2c2ccccc2)C1. The van der Waals surface area contributed by atoms with Gasteiger partial charge in [-0.05, 0) is 17.7 Å². The highest BCUT2D eigenvalue weighted by molar-refractivity contribution is 5.77. The van der Waals surface area contributed by atoms with E-state index in [1.807, 2.05) is 35.2 Å². The number of benzene rings is 2. The average molecular weight is 406 g/mol. The van der Waals surface area contributed by atoms with Crippen molar-refractivity contribution in [2.45, 2.75) is 25.0 Å². The largest absolute Gasteiger partial charge is 0.378 e. The molecule has 7 heteroatoms. The third-order valence-electron chi connectivity index (χ3n) is 6.28. The number of carbonyl (C=O) groups is 1. The normalized spacial score (nSPS) is 22.2. The lowest BCUT2D eigenvalue weighted by molar-refractivity contribution is -0.140. The number of aryl methyl sites for hydroxylation is 1. The van der Waals surface area contributed by atoms with Crippen LogP contribution in [0.4, 0.5) is 0 Å². The molecule has 2 aliphatic heterocycles. The van der Waals surface area contributed by atoms with Crippen LogP contribution in [0.5, 0.6) is 0 Å². The second kappa shape index (κ2) is 8.08. The van der Waals surface area contributed by atoms with Crippen LogP contribution < -0.4 is 5.69 Å². The lowest BCUT2D eigenvalue weighted by Crippen LogP contribution is -2.60. The van der Waals surface area contributed by atoms with Crippen LogP contribution in [0.15, 0.2) is 59.4 Å². The molecule has 0 spiro atoms. The molecular formula is C23H26N4O3. The van der Waals surface area contributed by atoms with Crippen LogP contribution in [0.25, 0.3) is 11.0 Å². The highest BCUT2D eigenvalue weighted by atomic mass is 16.5. The van der Waals surface area contributed by atoms with Crippen molar-refractivity contribution < 1.29 is 9.53 Å². The Morgan fingerprint density at radius 1 is 1.03 bits per heavy atom. The van der Waals surface area contributed by atoms with E-state index in [1.165, 1.54) is 5.56 Å². The van der Waals surface area contributed by atoms with Gasteiger partial charge in [0.1, 0.15) is 0 Å². The first kappa shape index (κ1) is 19.1. The third kappa shape index (κ3) is 3.55. The Hall–Kier alpha value is -2.90. The maximum Gasteiger partial charge on any atom is 0.326 e. The molecule has 1 aromatic heterocycles. The molecule has 0 bridgehead atoms. The number of nitrogens with zero attached hydrogens (tertiary/aromatic N) is 3. The first-order chi connectivity index (χ1) is 14.7. The van der Waals surface area contributed by atoms with Crippen LogP contribution in [-0.4, -0.2) is 64.1 Å². The number of hydrogen-bond acceptors (Lipinski definition) is 4. The lowest BCUT2D eigenvalue weighted by atomic mass is 10.00. The molecule has 1 N–H and O–H groups in total. The highest BCUT2D eigenvalue weighted by Gasteiger charge is 2.37. The van der Waals surface area contributed by atoms with E-state index in [2.05, 4.69) is 34.1 Å². The van der Waals surface area contributed by atoms with Crippen LogP contribution in [0, 0.1) is 0 Å². The van der Waals surface area contributed by atoms with Gasteiger partial charge in [-0.25, -0.2) is 4.79 Å². The van der Waals surface area contributed by atoms with Crippen molar-refractivity contribution in [3.8, 4) is 0 Å². The zero-order valence-electron chi connectivity index (χ0n) is 16.9. The van der Waals surface area contributed by atoms with E-state index in [4.69, 9.17) is 4.74 Å². The Bertz CT molecular complexity index is 1090. The van der Waals surface area contributed by atoms with Crippen LogP contribution in [0.2, 0.25) is 0 Å². The van der Waals surface area contributed by atoms with Gasteiger partial charge in [0.25, 0.3) is 0 Å². The number of imidazole rings is 1. The van der Waals surface area contributed by atoms with Crippen LogP contribution in [0.3, 0.4) is 0 Å². The fourth-order valence-electron chi connectivity index (χ4n) is 4.72. The van der Waals surface area contributed by atoms with Gasteiger partial charge in [0.15, 0.2) is 0 Å². The Morgan fingerprint density at radius 2 is 1.83 bits per heavy atom. The van der Waals surface area contributed by atoms with E-state index in [0.29, 0.717) is 39.3 Å². The topological polar surface area (TPSA) is 70.6 Å². The molecule has 0 unspecified atom stereocenters. The van der Waals surface area contributed by atoms with Crippen LogP contribution in [-0.2, 0) is 16.1 Å². The van der Waals surface area contributed by atoms with E-state index in [9.17, 15) is 9.59 Å². The quantitative estimate of drug-likeness (QED) is 0.720. The number of piperazine rings is 1. The number of nitrogens with one attached hydrogen (secondary N) is 1. The zero-order valence-corrected chi connectivity index (χ0v) is 16.9. The summed E-state index contributed by atoms with van der Waals surface area (Å²) in [5.41, 5.74) is 2.74. The number of amides is 1. The monoisotopic (exact) mass is 406 g/mol. The van der Waals surface area contributed by atoms with Crippen molar-refractivity contribution >= 4 is 16.9 Å². The van der Waals surface area contributed by atoms with Gasteiger partial charge in [0.05, 0.1) is 36.3 Å². The molecule has 7 nitrogen and oxygen atoms in total. The first-order valence-corrected chi connectivity index (χ1v) is 10.5. The van der Waals surface area contributed by atoms with Crippen molar-refractivity contribution in [1.29, 1.82) is 0 Å². The number of carbonyl (C=O) groups excluding carboxylic acids is 1. The van der Waals surface area contributed by atoms with E-state index >= 15 is 0 Å². The molecule has 2 aromatic carbocycles. The molecule has 0 saturated carbocycles. The maximum atomic E-state index is 12.9. The van der Waals surface area contributed by atoms with Gasteiger partial charge in [0, 0.05) is 32.6 Å². The molecule has 3 heterocycles. The molecule has 156 valence electrons. The Morgan fingerprint density at radius 3 is 2.70 bits per heavy atom. The van der Waals surface area contributed by atoms with Gasteiger partial charge in [-0.2, -0.15) is 0 Å². The molecule has 2 saturated heterocycles. The van der Waals surface area contributed by atoms with Crippen molar-refractivity contribution in [1.82, 2.24) is 19.4 Å². The van der Waals surface area contributed by atoms with Gasteiger partial charge < -0.3 is 14.6 Å². The lowest BCUT2D eigenvalue weighted by Gasteiger charge is -2.48. The predicted molar refractivity (Wildman–Crippen MR) is 114 cm³/mol. The number of aromatic nitrogens is 2. The minimum atomic E-state index is -0.166. The summed E-state index contributed by atoms with van der Waals surface area (Å²) < 4.78 is 7.54. The zero-order chi connectivity index (χ0) is 20.5. The summed E-state index contributed by atoms with van der Waals surface area (Å²) in [6.45, 7) is 3.95. The van der Waals surface area contributed by atoms with Crippen molar-refractivity contribution in [3.63, 3.8) is 0 Å². The standard InChI is InChI=1S/C23H26N4O3/c28-22(10-11-27-20-9-5-4-8-19(20)24-23(27)29)25-12-13-26-18(14-25)15-30-16-21(26)17-6-2-1-3-7-17/h1-9,18,21H,10-16H2,(H,24,29)/t18-,21-/m1/s1. The van der Waals surface area contributed by atoms with Crippen LogP contribution in [0.1, 0.15) is 18.0 Å². The summed E-state index contributed by atoms with van der Waals surface area (Å²) in [6.07, 6.45) is 0.317. The predicted octanol–water partition coefficient (Wildman–Crippen LogP) is 2.00. The van der Waals surface area contributed by atoms with Gasteiger partial charge in [-0.3, -0.25) is 14.3 Å². The first-order valence-electron chi connectivity index (χ1n) is 10.5. The Labute approximate surface area is 174 Å². The van der Waals surface area contributed by atoms with E-state index < -0.39 is 0 Å². The van der Waals surface area contributed by atoms with Crippen molar-refractivity contribution in [2.75, 3.05) is 32.8 Å². The third-order valence-corrected chi connectivity index (χ3v) is 6.28. The van der Waals surface area contributed by atoms with Gasteiger partial charge in [-0.15, -0.1) is 0 Å². The molecule has 2 aliphatic rings. The summed E-state index contributed by atoms with van der Waals surface area (Å²) in [5.74, 6) is 0.0914. The summed E-state index contributed by atoms with van der Waals surface area (Å²) in [4.78, 5) is 32.4. The minimum Gasteiger partial charge on any atom is -0.378 e. The number of H-pyrrole nitrogens is 1. The number of hydrogen-bond donors (Lipinski definition) is 1. The second-order valence-corrected chi connectivity index (χ2v) is 8.04. The van der Waals surface area contributed by atoms with E-state index in [0.717, 1.165) is 17.6 Å². The second-order valence-electron chi connectivity index (χ2n) is 8.04. The van der Waals surface area contributed by atoms with Gasteiger partial charge in [-0.1, -0.05) is 42.5 Å². The van der Waals surface area contributed by atoms with E-state index in [-0.39, 0.29) is 23.7 Å². The number of morpholine rings is 1. The molecule has 1 amide bonds. The van der Waals surface area contributed by atoms with Gasteiger partial charge in [0.2, 0.25) is 5.91 Å². The highest BCUT2D eigenvalue weighted by Crippen LogP contribution is 2.29. The molecule has 2 atom stereocenters. The number of para-hydroxylation sites is 2. The average Bonchev–Trinajstić information content (AvgIpc) is 3.12. The van der Waals surface area contributed by atoms with Crippen molar-refractivity contribution in [3.05, 3.63) is 70.6 Å². The molecular weight excluding hydrogens is 380 g/mol. The number of fused-ring (bicyclic) bond motifs is 2. The van der Waals surface area contributed by atoms with Crippen LogP contribution >= 0.6 is 0 Å². The van der Waals surface area contributed by atoms with Crippen molar-refractivity contribution in [2.24, 2.45) is 0 Å². The Kier molecular flexibility index (Phi) is 5.14.